The highest BCUT2D eigenvalue weighted by atomic mass is 16.5. The van der Waals surface area contributed by atoms with E-state index in [2.05, 4.69) is 11.4 Å². The fourth-order valence-electron chi connectivity index (χ4n) is 3.05. The standard InChI is InChI=1S/C20H23NO3/c1-2-23-17-10-6-9-16(13-17)21-20(22)14-24-19-12-5-8-15-7-3-4-11-18(15)19/h5-6,8-10,12-13H,2-4,7,11,14H2,1H3,(H,21,22). The molecule has 2 aromatic carbocycles. The van der Waals surface area contributed by atoms with E-state index in [-0.39, 0.29) is 12.5 Å². The molecular formula is C20H23NO3. The quantitative estimate of drug-likeness (QED) is 0.874. The van der Waals surface area contributed by atoms with Gasteiger partial charge in [-0.25, -0.2) is 0 Å². The van der Waals surface area contributed by atoms with Gasteiger partial charge in [-0.1, -0.05) is 18.2 Å². The molecule has 0 fully saturated rings. The smallest absolute Gasteiger partial charge is 0.262 e. The molecule has 4 nitrogen and oxygen atoms in total. The minimum absolute atomic E-state index is 0.00924. The van der Waals surface area contributed by atoms with Gasteiger partial charge in [0.05, 0.1) is 6.61 Å². The summed E-state index contributed by atoms with van der Waals surface area (Å²) in [6.45, 7) is 2.54. The van der Waals surface area contributed by atoms with E-state index in [0.717, 1.165) is 24.3 Å². The second-order valence-corrected chi connectivity index (χ2v) is 5.90. The molecule has 2 aromatic rings. The van der Waals surface area contributed by atoms with Crippen molar-refractivity contribution in [2.45, 2.75) is 32.6 Å². The van der Waals surface area contributed by atoms with Crippen molar-refractivity contribution in [1.29, 1.82) is 0 Å². The Bertz CT molecular complexity index is 712. The van der Waals surface area contributed by atoms with Gasteiger partial charge in [-0.05, 0) is 61.9 Å². The normalized spacial score (nSPS) is 13.0. The molecule has 1 aliphatic rings. The van der Waals surface area contributed by atoms with Crippen molar-refractivity contribution in [1.82, 2.24) is 0 Å². The number of carbonyl (C=O) groups is 1. The number of ether oxygens (including phenoxy) is 2. The van der Waals surface area contributed by atoms with Crippen LogP contribution in [0.2, 0.25) is 0 Å². The molecule has 0 aliphatic heterocycles. The molecule has 0 unspecified atom stereocenters. The second-order valence-electron chi connectivity index (χ2n) is 5.90. The van der Waals surface area contributed by atoms with E-state index in [1.165, 1.54) is 24.0 Å². The third-order valence-electron chi connectivity index (χ3n) is 4.14. The highest BCUT2D eigenvalue weighted by Gasteiger charge is 2.14. The Morgan fingerprint density at radius 2 is 1.92 bits per heavy atom. The first-order valence-corrected chi connectivity index (χ1v) is 8.52. The zero-order valence-electron chi connectivity index (χ0n) is 14.0. The van der Waals surface area contributed by atoms with E-state index in [4.69, 9.17) is 9.47 Å². The van der Waals surface area contributed by atoms with Crippen LogP contribution < -0.4 is 14.8 Å². The predicted molar refractivity (Wildman–Crippen MR) is 94.8 cm³/mol. The summed E-state index contributed by atoms with van der Waals surface area (Å²) in [5.41, 5.74) is 3.32. The number of aryl methyl sites for hydroxylation is 1. The molecule has 1 N–H and O–H groups in total. The molecule has 1 aliphatic carbocycles. The number of anilines is 1. The molecule has 24 heavy (non-hydrogen) atoms. The van der Waals surface area contributed by atoms with Gasteiger partial charge < -0.3 is 14.8 Å². The minimum Gasteiger partial charge on any atom is -0.494 e. The largest absolute Gasteiger partial charge is 0.494 e. The van der Waals surface area contributed by atoms with Crippen molar-refractivity contribution in [3.8, 4) is 11.5 Å². The molecule has 4 heteroatoms. The van der Waals surface area contributed by atoms with Crippen molar-refractivity contribution in [2.24, 2.45) is 0 Å². The highest BCUT2D eigenvalue weighted by Crippen LogP contribution is 2.29. The average molecular weight is 325 g/mol. The van der Waals surface area contributed by atoms with Gasteiger partial charge in [-0.3, -0.25) is 4.79 Å². The maximum absolute atomic E-state index is 12.1. The van der Waals surface area contributed by atoms with Crippen LogP contribution in [0.5, 0.6) is 11.5 Å². The summed E-state index contributed by atoms with van der Waals surface area (Å²) in [6.07, 6.45) is 4.55. The van der Waals surface area contributed by atoms with E-state index in [1.807, 2.05) is 43.3 Å². The Labute approximate surface area is 142 Å². The third-order valence-corrected chi connectivity index (χ3v) is 4.14. The molecule has 0 saturated heterocycles. The summed E-state index contributed by atoms with van der Waals surface area (Å²) in [6, 6.07) is 13.5. The van der Waals surface area contributed by atoms with Crippen LogP contribution in [0.3, 0.4) is 0 Å². The van der Waals surface area contributed by atoms with Crippen LogP contribution in [-0.4, -0.2) is 19.1 Å². The Hall–Kier alpha value is -2.49. The van der Waals surface area contributed by atoms with Gasteiger partial charge in [0.2, 0.25) is 0 Å². The number of nitrogens with one attached hydrogen (secondary N) is 1. The van der Waals surface area contributed by atoms with Crippen LogP contribution >= 0.6 is 0 Å². The van der Waals surface area contributed by atoms with E-state index >= 15 is 0 Å². The number of carbonyl (C=O) groups excluding carboxylic acids is 1. The molecule has 3 rings (SSSR count). The SMILES string of the molecule is CCOc1cccc(NC(=O)COc2cccc3c2CCCC3)c1. The maximum Gasteiger partial charge on any atom is 0.262 e. The van der Waals surface area contributed by atoms with Crippen LogP contribution in [0, 0.1) is 0 Å². The number of benzene rings is 2. The molecule has 0 saturated carbocycles. The van der Waals surface area contributed by atoms with Gasteiger partial charge in [0.15, 0.2) is 6.61 Å². The van der Waals surface area contributed by atoms with Gasteiger partial charge in [0.25, 0.3) is 5.91 Å². The van der Waals surface area contributed by atoms with Crippen molar-refractivity contribution < 1.29 is 14.3 Å². The second kappa shape index (κ2) is 7.86. The van der Waals surface area contributed by atoms with Crippen LogP contribution in [0.1, 0.15) is 30.9 Å². The first-order chi connectivity index (χ1) is 11.8. The molecule has 0 bridgehead atoms. The van der Waals surface area contributed by atoms with Crippen LogP contribution in [0.25, 0.3) is 0 Å². The predicted octanol–water partition coefficient (Wildman–Crippen LogP) is 3.98. The Balaban J connectivity index is 1.59. The minimum atomic E-state index is -0.169. The highest BCUT2D eigenvalue weighted by molar-refractivity contribution is 5.92. The van der Waals surface area contributed by atoms with Crippen molar-refractivity contribution >= 4 is 11.6 Å². The fourth-order valence-corrected chi connectivity index (χ4v) is 3.05. The number of fused-ring (bicyclic) bond motifs is 1. The van der Waals surface area contributed by atoms with Gasteiger partial charge in [-0.2, -0.15) is 0 Å². The summed E-state index contributed by atoms with van der Waals surface area (Å²) in [7, 11) is 0. The van der Waals surface area contributed by atoms with Gasteiger partial charge in [0.1, 0.15) is 11.5 Å². The van der Waals surface area contributed by atoms with E-state index in [1.54, 1.807) is 0 Å². The maximum atomic E-state index is 12.1. The molecule has 126 valence electrons. The van der Waals surface area contributed by atoms with Crippen LogP contribution in [-0.2, 0) is 17.6 Å². The van der Waals surface area contributed by atoms with Gasteiger partial charge in [-0.15, -0.1) is 0 Å². The van der Waals surface area contributed by atoms with E-state index < -0.39 is 0 Å². The number of rotatable bonds is 6. The fraction of sp³-hybridized carbons (Fsp3) is 0.350. The van der Waals surface area contributed by atoms with E-state index in [0.29, 0.717) is 12.3 Å². The van der Waals surface area contributed by atoms with Crippen LogP contribution in [0.4, 0.5) is 5.69 Å². The summed E-state index contributed by atoms with van der Waals surface area (Å²) in [5.74, 6) is 1.41. The lowest BCUT2D eigenvalue weighted by molar-refractivity contribution is -0.118. The topological polar surface area (TPSA) is 47.6 Å². The monoisotopic (exact) mass is 325 g/mol. The van der Waals surface area contributed by atoms with Crippen molar-refractivity contribution in [2.75, 3.05) is 18.5 Å². The van der Waals surface area contributed by atoms with Crippen molar-refractivity contribution in [3.05, 3.63) is 53.6 Å². The Kier molecular flexibility index (Phi) is 5.36. The van der Waals surface area contributed by atoms with Crippen molar-refractivity contribution in [3.63, 3.8) is 0 Å². The summed E-state index contributed by atoms with van der Waals surface area (Å²) < 4.78 is 11.2. The summed E-state index contributed by atoms with van der Waals surface area (Å²) in [5, 5.41) is 2.85. The molecule has 1 amide bonds. The lowest BCUT2D eigenvalue weighted by atomic mass is 9.91. The first-order valence-electron chi connectivity index (χ1n) is 8.52. The number of hydrogen-bond donors (Lipinski definition) is 1. The average Bonchev–Trinajstić information content (AvgIpc) is 2.60. The first kappa shape index (κ1) is 16.4. The molecular weight excluding hydrogens is 302 g/mol. The number of hydrogen-bond acceptors (Lipinski definition) is 3. The zero-order valence-corrected chi connectivity index (χ0v) is 14.0. The van der Waals surface area contributed by atoms with E-state index in [9.17, 15) is 4.79 Å². The zero-order chi connectivity index (χ0) is 16.8. The lowest BCUT2D eigenvalue weighted by Gasteiger charge is -2.19. The van der Waals surface area contributed by atoms with Gasteiger partial charge in [0, 0.05) is 11.8 Å². The summed E-state index contributed by atoms with van der Waals surface area (Å²) in [4.78, 5) is 12.1. The third kappa shape index (κ3) is 4.07. The Morgan fingerprint density at radius 1 is 1.08 bits per heavy atom. The summed E-state index contributed by atoms with van der Waals surface area (Å²) >= 11 is 0. The molecule has 0 aromatic heterocycles. The lowest BCUT2D eigenvalue weighted by Crippen LogP contribution is -2.21. The molecule has 0 radical (unpaired) electrons. The molecule has 0 atom stereocenters. The molecule has 0 spiro atoms. The van der Waals surface area contributed by atoms with Crippen LogP contribution in [0.15, 0.2) is 42.5 Å². The Morgan fingerprint density at radius 3 is 2.79 bits per heavy atom. The molecule has 0 heterocycles. The van der Waals surface area contributed by atoms with Gasteiger partial charge >= 0.3 is 0 Å². The number of amides is 1.